The average molecular weight is 411 g/mol. The Balaban J connectivity index is 1.79. The van der Waals surface area contributed by atoms with Crippen LogP contribution < -0.4 is 20.9 Å². The van der Waals surface area contributed by atoms with Crippen LogP contribution in [0.4, 0.5) is 11.4 Å². The molecule has 0 aliphatic rings. The summed E-state index contributed by atoms with van der Waals surface area (Å²) in [5, 5.41) is 0. The van der Waals surface area contributed by atoms with Crippen molar-refractivity contribution in [2.24, 2.45) is 0 Å². The summed E-state index contributed by atoms with van der Waals surface area (Å²) >= 11 is 0. The van der Waals surface area contributed by atoms with Gasteiger partial charge in [-0.3, -0.25) is 0 Å². The van der Waals surface area contributed by atoms with Crippen LogP contribution in [0, 0.1) is 0 Å². The van der Waals surface area contributed by atoms with E-state index in [1.165, 1.54) is 0 Å². The third-order valence-electron chi connectivity index (χ3n) is 5.24. The summed E-state index contributed by atoms with van der Waals surface area (Å²) in [6, 6.07) is 31.1. The largest absolute Gasteiger partial charge is 0.455 e. The number of benzene rings is 4. The first-order valence-electron chi connectivity index (χ1n) is 10.4. The normalized spacial score (nSPS) is 10.8. The number of hydrogen-bond donors (Lipinski definition) is 2. The van der Waals surface area contributed by atoms with Gasteiger partial charge in [-0.1, -0.05) is 67.6 Å². The molecule has 0 saturated carbocycles. The molecule has 0 radical (unpaired) electrons. The molecule has 4 heteroatoms. The molecular weight excluding hydrogens is 384 g/mol. The lowest BCUT2D eigenvalue weighted by Gasteiger charge is -2.24. The maximum atomic E-state index is 6.35. The number of anilines is 2. The van der Waals surface area contributed by atoms with Crippen molar-refractivity contribution >= 4 is 11.4 Å². The van der Waals surface area contributed by atoms with E-state index in [9.17, 15) is 0 Å². The molecule has 0 bridgehead atoms. The first kappa shape index (κ1) is 20.4. The number of nitrogen functional groups attached to an aromatic ring is 2. The van der Waals surface area contributed by atoms with Crippen LogP contribution in [0.2, 0.25) is 0 Å². The van der Waals surface area contributed by atoms with Crippen LogP contribution in [0.1, 0.15) is 30.4 Å². The molecule has 156 valence electrons. The fraction of sp³-hybridized carbons (Fsp3) is 0.111. The Bertz CT molecular complexity index is 1050. The van der Waals surface area contributed by atoms with E-state index < -0.39 is 0 Å². The zero-order valence-electron chi connectivity index (χ0n) is 17.5. The van der Waals surface area contributed by atoms with Gasteiger partial charge in [-0.2, -0.15) is 0 Å². The van der Waals surface area contributed by atoms with Crippen molar-refractivity contribution in [1.29, 1.82) is 0 Å². The monoisotopic (exact) mass is 410 g/mol. The van der Waals surface area contributed by atoms with E-state index in [1.807, 2.05) is 84.9 Å². The molecule has 0 fully saturated rings. The minimum absolute atomic E-state index is 0.00979. The second-order valence-corrected chi connectivity index (χ2v) is 7.32. The summed E-state index contributed by atoms with van der Waals surface area (Å²) in [5.41, 5.74) is 15.9. The van der Waals surface area contributed by atoms with Gasteiger partial charge in [0.05, 0.1) is 11.4 Å². The quantitative estimate of drug-likeness (QED) is 0.323. The summed E-state index contributed by atoms with van der Waals surface area (Å²) < 4.78 is 12.5. The Morgan fingerprint density at radius 2 is 1.00 bits per heavy atom. The van der Waals surface area contributed by atoms with Crippen molar-refractivity contribution in [3.63, 3.8) is 0 Å². The van der Waals surface area contributed by atoms with Crippen molar-refractivity contribution in [3.8, 4) is 23.0 Å². The maximum Gasteiger partial charge on any atom is 0.154 e. The van der Waals surface area contributed by atoms with Gasteiger partial charge in [0.2, 0.25) is 0 Å². The van der Waals surface area contributed by atoms with Crippen LogP contribution in [0.15, 0.2) is 97.1 Å². The van der Waals surface area contributed by atoms with Gasteiger partial charge in [0.25, 0.3) is 0 Å². The predicted molar refractivity (Wildman–Crippen MR) is 127 cm³/mol. The Labute approximate surface area is 183 Å². The zero-order valence-corrected chi connectivity index (χ0v) is 17.5. The Morgan fingerprint density at radius 3 is 1.39 bits per heavy atom. The summed E-state index contributed by atoms with van der Waals surface area (Å²) in [5.74, 6) is 2.79. The van der Waals surface area contributed by atoms with Gasteiger partial charge in [0.1, 0.15) is 11.5 Å². The maximum absolute atomic E-state index is 6.35. The average Bonchev–Trinajstić information content (AvgIpc) is 2.80. The molecule has 0 atom stereocenters. The fourth-order valence-corrected chi connectivity index (χ4v) is 3.75. The lowest BCUT2D eigenvalue weighted by molar-refractivity contribution is 0.464. The van der Waals surface area contributed by atoms with E-state index in [-0.39, 0.29) is 5.92 Å². The van der Waals surface area contributed by atoms with Crippen molar-refractivity contribution in [2.45, 2.75) is 19.3 Å². The van der Waals surface area contributed by atoms with E-state index in [1.54, 1.807) is 0 Å². The molecule has 0 aliphatic carbocycles. The number of para-hydroxylation sites is 4. The SMILES string of the molecule is CCC(c1cccc(N)c1Oc1ccccc1)c1cccc(N)c1Oc1ccccc1. The number of rotatable bonds is 7. The van der Waals surface area contributed by atoms with E-state index in [0.29, 0.717) is 22.9 Å². The van der Waals surface area contributed by atoms with Gasteiger partial charge in [-0.15, -0.1) is 0 Å². The molecular formula is C27H26N2O2. The fourth-order valence-electron chi connectivity index (χ4n) is 3.75. The second-order valence-electron chi connectivity index (χ2n) is 7.32. The molecule has 0 spiro atoms. The molecule has 0 unspecified atom stereocenters. The van der Waals surface area contributed by atoms with Crippen LogP contribution in [-0.2, 0) is 0 Å². The third-order valence-corrected chi connectivity index (χ3v) is 5.24. The molecule has 31 heavy (non-hydrogen) atoms. The molecule has 0 aliphatic heterocycles. The van der Waals surface area contributed by atoms with Crippen LogP contribution in [0.3, 0.4) is 0 Å². The smallest absolute Gasteiger partial charge is 0.154 e. The topological polar surface area (TPSA) is 70.5 Å². The molecule has 0 heterocycles. The third kappa shape index (κ3) is 4.48. The second kappa shape index (κ2) is 9.26. The highest BCUT2D eigenvalue weighted by Crippen LogP contribution is 2.44. The predicted octanol–water partition coefficient (Wildman–Crippen LogP) is 6.98. The molecule has 0 amide bonds. The van der Waals surface area contributed by atoms with Gasteiger partial charge in [-0.05, 0) is 42.8 Å². The van der Waals surface area contributed by atoms with Crippen LogP contribution in [0.25, 0.3) is 0 Å². The van der Waals surface area contributed by atoms with Gasteiger partial charge < -0.3 is 20.9 Å². The highest BCUT2D eigenvalue weighted by atomic mass is 16.5. The molecule has 4 nitrogen and oxygen atoms in total. The Kier molecular flexibility index (Phi) is 6.08. The summed E-state index contributed by atoms with van der Waals surface area (Å²) in [6.07, 6.45) is 0.823. The first-order chi connectivity index (χ1) is 15.2. The van der Waals surface area contributed by atoms with Crippen molar-refractivity contribution in [2.75, 3.05) is 11.5 Å². The highest BCUT2D eigenvalue weighted by molar-refractivity contribution is 5.65. The Hall–Kier alpha value is -3.92. The summed E-state index contributed by atoms with van der Waals surface area (Å²) in [6.45, 7) is 2.13. The zero-order chi connectivity index (χ0) is 21.6. The molecule has 0 aromatic heterocycles. The van der Waals surface area contributed by atoms with Crippen LogP contribution >= 0.6 is 0 Å². The molecule has 4 N–H and O–H groups in total. The lowest BCUT2D eigenvalue weighted by Crippen LogP contribution is -2.07. The first-order valence-corrected chi connectivity index (χ1v) is 10.4. The van der Waals surface area contributed by atoms with Crippen molar-refractivity contribution in [3.05, 3.63) is 108 Å². The molecule has 4 rings (SSSR count). The lowest BCUT2D eigenvalue weighted by atomic mass is 9.87. The van der Waals surface area contributed by atoms with E-state index in [2.05, 4.69) is 19.1 Å². The molecule has 4 aromatic rings. The molecule has 4 aromatic carbocycles. The minimum atomic E-state index is -0.00979. The van der Waals surface area contributed by atoms with Crippen molar-refractivity contribution < 1.29 is 9.47 Å². The number of hydrogen-bond acceptors (Lipinski definition) is 4. The highest BCUT2D eigenvalue weighted by Gasteiger charge is 2.23. The minimum Gasteiger partial charge on any atom is -0.455 e. The number of nitrogens with two attached hydrogens (primary N) is 2. The van der Waals surface area contributed by atoms with Gasteiger partial charge in [0, 0.05) is 17.0 Å². The van der Waals surface area contributed by atoms with Gasteiger partial charge in [-0.25, -0.2) is 0 Å². The van der Waals surface area contributed by atoms with Gasteiger partial charge in [0.15, 0.2) is 11.5 Å². The van der Waals surface area contributed by atoms with Crippen LogP contribution in [-0.4, -0.2) is 0 Å². The van der Waals surface area contributed by atoms with E-state index >= 15 is 0 Å². The Morgan fingerprint density at radius 1 is 0.581 bits per heavy atom. The van der Waals surface area contributed by atoms with E-state index in [4.69, 9.17) is 20.9 Å². The number of ether oxygens (including phenoxy) is 2. The van der Waals surface area contributed by atoms with Gasteiger partial charge >= 0.3 is 0 Å². The van der Waals surface area contributed by atoms with Crippen molar-refractivity contribution in [1.82, 2.24) is 0 Å². The summed E-state index contributed by atoms with van der Waals surface area (Å²) in [4.78, 5) is 0. The standard InChI is InChI=1S/C27H26N2O2/c1-2-21(22-15-9-17-24(28)26(22)30-19-11-5-3-6-12-19)23-16-10-18-25(29)27(23)31-20-13-7-4-8-14-20/h3-18,21H,2,28-29H2,1H3. The van der Waals surface area contributed by atoms with E-state index in [0.717, 1.165) is 29.0 Å². The summed E-state index contributed by atoms with van der Waals surface area (Å²) in [7, 11) is 0. The molecule has 0 saturated heterocycles. The van der Waals surface area contributed by atoms with Crippen LogP contribution in [0.5, 0.6) is 23.0 Å².